The number of fused-ring (bicyclic) bond motifs is 1. The van der Waals surface area contributed by atoms with Crippen LogP contribution in [-0.2, 0) is 27.2 Å². The largest absolute Gasteiger partial charge is 0.358 e. The van der Waals surface area contributed by atoms with Gasteiger partial charge in [-0.05, 0) is 12.1 Å². The average Bonchev–Trinajstić information content (AvgIpc) is 2.52. The van der Waals surface area contributed by atoms with Crippen molar-refractivity contribution in [2.45, 2.75) is 13.1 Å². The molecule has 0 amide bonds. The van der Waals surface area contributed by atoms with E-state index in [1.165, 1.54) is 11.6 Å². The summed E-state index contributed by atoms with van der Waals surface area (Å²) in [4.78, 5) is 30.5. The molecule has 0 spiro atoms. The molecule has 0 radical (unpaired) electrons. The van der Waals surface area contributed by atoms with Gasteiger partial charge >= 0.3 is 5.69 Å². The predicted molar refractivity (Wildman–Crippen MR) is 78.9 cm³/mol. The van der Waals surface area contributed by atoms with Crippen LogP contribution in [0.1, 0.15) is 11.3 Å². The van der Waals surface area contributed by atoms with Crippen molar-refractivity contribution < 1.29 is 0 Å². The fourth-order valence-electron chi connectivity index (χ4n) is 2.58. The molecule has 0 aliphatic carbocycles. The van der Waals surface area contributed by atoms with Crippen LogP contribution >= 0.6 is 0 Å². The highest BCUT2D eigenvalue weighted by Crippen LogP contribution is 2.17. The summed E-state index contributed by atoms with van der Waals surface area (Å²) in [5.74, 6) is 0.611. The quantitative estimate of drug-likeness (QED) is 0.832. The smallest absolute Gasteiger partial charge is 0.332 e. The van der Waals surface area contributed by atoms with Gasteiger partial charge in [0.2, 0.25) is 0 Å². The summed E-state index contributed by atoms with van der Waals surface area (Å²) in [5, 5.41) is 3.16. The number of pyridine rings is 1. The summed E-state index contributed by atoms with van der Waals surface area (Å²) in [6.07, 6.45) is 1.75. The monoisotopic (exact) mass is 287 g/mol. The van der Waals surface area contributed by atoms with Crippen LogP contribution in [0.4, 0.5) is 5.82 Å². The van der Waals surface area contributed by atoms with Crippen molar-refractivity contribution in [1.29, 1.82) is 0 Å². The molecule has 0 saturated carbocycles. The normalized spacial score (nSPS) is 14.6. The standard InChI is InChI=1S/C14H17N5O2/c1-17-12-11(13(20)18(2)14(17)21)8-19(9-16-12)7-10-5-3-4-6-15-10/h3-6,16H,7-9H2,1-2H3. The number of rotatable bonds is 2. The van der Waals surface area contributed by atoms with Crippen LogP contribution in [0.2, 0.25) is 0 Å². The molecule has 0 unspecified atom stereocenters. The van der Waals surface area contributed by atoms with E-state index in [0.29, 0.717) is 31.1 Å². The third-order valence-corrected chi connectivity index (χ3v) is 3.72. The molecular formula is C14H17N5O2. The molecule has 1 N–H and O–H groups in total. The summed E-state index contributed by atoms with van der Waals surface area (Å²) in [6, 6.07) is 5.77. The van der Waals surface area contributed by atoms with Gasteiger partial charge in [0.25, 0.3) is 5.56 Å². The second-order valence-corrected chi connectivity index (χ2v) is 5.18. The molecule has 7 nitrogen and oxygen atoms in total. The van der Waals surface area contributed by atoms with Crippen molar-refractivity contribution in [3.8, 4) is 0 Å². The molecule has 3 rings (SSSR count). The van der Waals surface area contributed by atoms with Crippen molar-refractivity contribution in [2.75, 3.05) is 12.0 Å². The summed E-state index contributed by atoms with van der Waals surface area (Å²) in [5.41, 5.74) is 1.00. The molecule has 2 aromatic rings. The van der Waals surface area contributed by atoms with Gasteiger partial charge in [0.15, 0.2) is 0 Å². The molecule has 1 aliphatic heterocycles. The van der Waals surface area contributed by atoms with Gasteiger partial charge in [-0.3, -0.25) is 23.8 Å². The van der Waals surface area contributed by atoms with Gasteiger partial charge in [0.05, 0.1) is 17.9 Å². The van der Waals surface area contributed by atoms with Gasteiger partial charge in [-0.1, -0.05) is 6.07 Å². The maximum absolute atomic E-state index is 12.3. The van der Waals surface area contributed by atoms with Crippen LogP contribution in [0.15, 0.2) is 34.0 Å². The van der Waals surface area contributed by atoms with Crippen molar-refractivity contribution in [2.24, 2.45) is 14.1 Å². The number of aromatic nitrogens is 3. The van der Waals surface area contributed by atoms with Crippen molar-refractivity contribution >= 4 is 5.82 Å². The van der Waals surface area contributed by atoms with Gasteiger partial charge in [0.1, 0.15) is 5.82 Å². The SMILES string of the molecule is Cn1c2c(c(=O)n(C)c1=O)CN(Cc1ccccn1)CN2. The molecule has 0 bridgehead atoms. The Hall–Kier alpha value is -2.41. The first-order valence-corrected chi connectivity index (χ1v) is 6.73. The lowest BCUT2D eigenvalue weighted by Crippen LogP contribution is -2.46. The second-order valence-electron chi connectivity index (χ2n) is 5.18. The number of nitrogens with one attached hydrogen (secondary N) is 1. The van der Waals surface area contributed by atoms with E-state index >= 15 is 0 Å². The van der Waals surface area contributed by atoms with Gasteiger partial charge in [0, 0.05) is 33.4 Å². The minimum Gasteiger partial charge on any atom is -0.358 e. The fraction of sp³-hybridized carbons (Fsp3) is 0.357. The third-order valence-electron chi connectivity index (χ3n) is 3.72. The molecular weight excluding hydrogens is 270 g/mol. The first-order valence-electron chi connectivity index (χ1n) is 6.73. The molecule has 2 aromatic heterocycles. The fourth-order valence-corrected chi connectivity index (χ4v) is 2.58. The number of hydrogen-bond acceptors (Lipinski definition) is 5. The topological polar surface area (TPSA) is 72.2 Å². The lowest BCUT2D eigenvalue weighted by atomic mass is 10.2. The Morgan fingerprint density at radius 1 is 1.24 bits per heavy atom. The molecule has 1 aliphatic rings. The zero-order valence-electron chi connectivity index (χ0n) is 12.0. The van der Waals surface area contributed by atoms with E-state index in [1.807, 2.05) is 18.2 Å². The van der Waals surface area contributed by atoms with Crippen LogP contribution < -0.4 is 16.6 Å². The van der Waals surface area contributed by atoms with E-state index in [1.54, 1.807) is 13.2 Å². The maximum atomic E-state index is 12.3. The van der Waals surface area contributed by atoms with E-state index in [-0.39, 0.29) is 11.2 Å². The van der Waals surface area contributed by atoms with Crippen LogP contribution in [0.3, 0.4) is 0 Å². The Bertz CT molecular complexity index is 778. The first-order chi connectivity index (χ1) is 10.1. The minimum atomic E-state index is -0.315. The number of hydrogen-bond donors (Lipinski definition) is 1. The summed E-state index contributed by atoms with van der Waals surface area (Å²) >= 11 is 0. The zero-order valence-corrected chi connectivity index (χ0v) is 12.0. The van der Waals surface area contributed by atoms with Gasteiger partial charge in [-0.15, -0.1) is 0 Å². The highest BCUT2D eigenvalue weighted by Gasteiger charge is 2.23. The van der Waals surface area contributed by atoms with Crippen LogP contribution in [0, 0.1) is 0 Å². The lowest BCUT2D eigenvalue weighted by Gasteiger charge is -2.30. The molecule has 0 aromatic carbocycles. The number of anilines is 1. The van der Waals surface area contributed by atoms with Crippen molar-refractivity contribution in [1.82, 2.24) is 19.0 Å². The van der Waals surface area contributed by atoms with E-state index in [2.05, 4.69) is 15.2 Å². The predicted octanol–water partition coefficient (Wildman–Crippen LogP) is -0.136. The molecule has 110 valence electrons. The van der Waals surface area contributed by atoms with Gasteiger partial charge in [-0.25, -0.2) is 4.79 Å². The Kier molecular flexibility index (Phi) is 3.34. The average molecular weight is 287 g/mol. The highest BCUT2D eigenvalue weighted by molar-refractivity contribution is 5.45. The second kappa shape index (κ2) is 5.17. The Labute approximate surface area is 121 Å². The van der Waals surface area contributed by atoms with E-state index in [4.69, 9.17) is 0 Å². The number of nitrogens with zero attached hydrogens (tertiary/aromatic N) is 4. The molecule has 21 heavy (non-hydrogen) atoms. The summed E-state index contributed by atoms with van der Waals surface area (Å²) in [7, 11) is 3.17. The van der Waals surface area contributed by atoms with E-state index < -0.39 is 0 Å². The molecule has 0 saturated heterocycles. The Morgan fingerprint density at radius 3 is 2.76 bits per heavy atom. The first kappa shape index (κ1) is 13.6. The van der Waals surface area contributed by atoms with E-state index in [0.717, 1.165) is 10.3 Å². The van der Waals surface area contributed by atoms with E-state index in [9.17, 15) is 9.59 Å². The van der Waals surface area contributed by atoms with Crippen LogP contribution in [0.5, 0.6) is 0 Å². The van der Waals surface area contributed by atoms with Gasteiger partial charge < -0.3 is 5.32 Å². The van der Waals surface area contributed by atoms with Crippen molar-refractivity contribution in [3.05, 3.63) is 56.5 Å². The Balaban J connectivity index is 1.93. The van der Waals surface area contributed by atoms with Crippen LogP contribution in [-0.4, -0.2) is 25.7 Å². The zero-order chi connectivity index (χ0) is 15.0. The molecule has 3 heterocycles. The molecule has 7 heteroatoms. The molecule has 0 atom stereocenters. The maximum Gasteiger partial charge on any atom is 0.332 e. The molecule has 0 fully saturated rings. The van der Waals surface area contributed by atoms with Gasteiger partial charge in [-0.2, -0.15) is 0 Å². The third kappa shape index (κ3) is 2.36. The van der Waals surface area contributed by atoms with Crippen LogP contribution in [0.25, 0.3) is 0 Å². The summed E-state index contributed by atoms with van der Waals surface area (Å²) in [6.45, 7) is 1.73. The minimum absolute atomic E-state index is 0.244. The lowest BCUT2D eigenvalue weighted by molar-refractivity contribution is 0.259. The van der Waals surface area contributed by atoms with Crippen molar-refractivity contribution in [3.63, 3.8) is 0 Å². The highest BCUT2D eigenvalue weighted by atomic mass is 16.2. The Morgan fingerprint density at radius 2 is 2.05 bits per heavy atom. The summed E-state index contributed by atoms with van der Waals surface area (Å²) < 4.78 is 2.62.